The lowest BCUT2D eigenvalue weighted by Crippen LogP contribution is -2.47. The van der Waals surface area contributed by atoms with Crippen LogP contribution in [0.15, 0.2) is 42.5 Å². The second kappa shape index (κ2) is 8.22. The molecule has 1 heterocycles. The van der Waals surface area contributed by atoms with E-state index in [9.17, 15) is 4.79 Å². The van der Waals surface area contributed by atoms with Gasteiger partial charge in [-0.25, -0.2) is 0 Å². The minimum atomic E-state index is -0.373. The monoisotopic (exact) mass is 404 g/mol. The van der Waals surface area contributed by atoms with Crippen LogP contribution in [0.4, 0.5) is 0 Å². The van der Waals surface area contributed by atoms with E-state index in [2.05, 4.69) is 24.8 Å². The van der Waals surface area contributed by atoms with Gasteiger partial charge in [-0.2, -0.15) is 0 Å². The summed E-state index contributed by atoms with van der Waals surface area (Å²) in [6, 6.07) is 13.4. The van der Waals surface area contributed by atoms with E-state index in [1.54, 1.807) is 6.07 Å². The van der Waals surface area contributed by atoms with E-state index >= 15 is 0 Å². The number of carbonyl (C=O) groups is 1. The van der Waals surface area contributed by atoms with Crippen molar-refractivity contribution in [3.05, 3.63) is 69.2 Å². The second-order valence-electron chi connectivity index (χ2n) is 7.76. The van der Waals surface area contributed by atoms with Crippen LogP contribution in [-0.2, 0) is 11.8 Å². The van der Waals surface area contributed by atoms with Crippen LogP contribution in [0.1, 0.15) is 41.8 Å². The van der Waals surface area contributed by atoms with Gasteiger partial charge in [0.15, 0.2) is 0 Å². The zero-order valence-electron chi connectivity index (χ0n) is 15.8. The zero-order chi connectivity index (χ0) is 19.6. The van der Waals surface area contributed by atoms with Gasteiger partial charge in [0.2, 0.25) is 5.91 Å². The van der Waals surface area contributed by atoms with Crippen LogP contribution in [0.5, 0.6) is 0 Å². The molecule has 2 N–H and O–H groups in total. The van der Waals surface area contributed by atoms with Gasteiger partial charge in [0.1, 0.15) is 0 Å². The van der Waals surface area contributed by atoms with Crippen LogP contribution in [0.25, 0.3) is 0 Å². The van der Waals surface area contributed by atoms with Crippen LogP contribution >= 0.6 is 23.2 Å². The van der Waals surface area contributed by atoms with Crippen molar-refractivity contribution in [3.8, 4) is 0 Å². The molecular weight excluding hydrogens is 379 g/mol. The largest absolute Gasteiger partial charge is 0.366 e. The fourth-order valence-electron chi connectivity index (χ4n) is 4.02. The summed E-state index contributed by atoms with van der Waals surface area (Å²) in [7, 11) is 0. The molecule has 3 rings (SSSR count). The maximum atomic E-state index is 11.5. The summed E-state index contributed by atoms with van der Waals surface area (Å²) in [6.07, 6.45) is 1.88. The van der Waals surface area contributed by atoms with Gasteiger partial charge in [0, 0.05) is 28.7 Å². The van der Waals surface area contributed by atoms with Crippen molar-refractivity contribution in [1.82, 2.24) is 4.90 Å². The molecule has 1 aliphatic rings. The molecule has 0 saturated carbocycles. The van der Waals surface area contributed by atoms with Crippen molar-refractivity contribution in [3.63, 3.8) is 0 Å². The Bertz CT molecular complexity index is 819. The van der Waals surface area contributed by atoms with E-state index in [1.165, 1.54) is 5.56 Å². The number of benzene rings is 2. The first kappa shape index (κ1) is 20.2. The number of amides is 1. The Morgan fingerprint density at radius 1 is 1.22 bits per heavy atom. The number of halogens is 2. The highest BCUT2D eigenvalue weighted by Crippen LogP contribution is 2.39. The molecule has 0 spiro atoms. The lowest BCUT2D eigenvalue weighted by molar-refractivity contribution is 0.0998. The van der Waals surface area contributed by atoms with Gasteiger partial charge in [-0.15, -0.1) is 0 Å². The molecule has 144 valence electrons. The van der Waals surface area contributed by atoms with Crippen LogP contribution < -0.4 is 5.73 Å². The standard InChI is InChI=1S/C22H26Cl2N2O/c1-15-14-26(11-9-18-19(23)7-4-8-20(18)24)12-10-22(15,2)17-6-3-5-16(13-17)21(25)27/h3-8,13,15H,9-12,14H2,1-2H3,(H2,25,27)/t15-,22-/m0/s1. The molecule has 1 aliphatic heterocycles. The van der Waals surface area contributed by atoms with Crippen molar-refractivity contribution in [1.29, 1.82) is 0 Å². The topological polar surface area (TPSA) is 46.3 Å². The number of hydrogen-bond donors (Lipinski definition) is 1. The normalized spacial score (nSPS) is 23.3. The number of likely N-dealkylation sites (tertiary alicyclic amines) is 1. The lowest BCUT2D eigenvalue weighted by atomic mass is 9.68. The molecule has 0 radical (unpaired) electrons. The van der Waals surface area contributed by atoms with Crippen LogP contribution in [0.3, 0.4) is 0 Å². The van der Waals surface area contributed by atoms with E-state index in [0.29, 0.717) is 11.5 Å². The van der Waals surface area contributed by atoms with Gasteiger partial charge in [0.05, 0.1) is 0 Å². The van der Waals surface area contributed by atoms with Gasteiger partial charge in [-0.1, -0.05) is 55.2 Å². The number of hydrogen-bond acceptors (Lipinski definition) is 2. The summed E-state index contributed by atoms with van der Waals surface area (Å²) in [5.41, 5.74) is 8.29. The molecule has 0 bridgehead atoms. The zero-order valence-corrected chi connectivity index (χ0v) is 17.4. The average Bonchev–Trinajstić information content (AvgIpc) is 2.64. The Kier molecular flexibility index (Phi) is 6.15. The Morgan fingerprint density at radius 3 is 2.52 bits per heavy atom. The van der Waals surface area contributed by atoms with E-state index in [0.717, 1.165) is 48.1 Å². The molecule has 1 fully saturated rings. The number of piperidine rings is 1. The molecule has 5 heteroatoms. The summed E-state index contributed by atoms with van der Waals surface area (Å²) in [4.78, 5) is 14.0. The first-order chi connectivity index (χ1) is 12.8. The fraction of sp³-hybridized carbons (Fsp3) is 0.409. The molecule has 2 aromatic carbocycles. The Labute approximate surface area is 171 Å². The Hall–Kier alpha value is -1.55. The van der Waals surface area contributed by atoms with E-state index < -0.39 is 0 Å². The Morgan fingerprint density at radius 2 is 1.89 bits per heavy atom. The first-order valence-corrected chi connectivity index (χ1v) is 10.1. The summed E-state index contributed by atoms with van der Waals surface area (Å²) in [5, 5.41) is 1.47. The van der Waals surface area contributed by atoms with E-state index in [4.69, 9.17) is 28.9 Å². The highest BCUT2D eigenvalue weighted by molar-refractivity contribution is 6.35. The summed E-state index contributed by atoms with van der Waals surface area (Å²) in [5.74, 6) is 0.0817. The highest BCUT2D eigenvalue weighted by Gasteiger charge is 2.38. The third-order valence-corrected chi connectivity index (χ3v) is 6.82. The fourth-order valence-corrected chi connectivity index (χ4v) is 4.60. The highest BCUT2D eigenvalue weighted by atomic mass is 35.5. The van der Waals surface area contributed by atoms with Gasteiger partial charge in [-0.3, -0.25) is 4.79 Å². The maximum absolute atomic E-state index is 11.5. The summed E-state index contributed by atoms with van der Waals surface area (Å²) < 4.78 is 0. The molecule has 2 atom stereocenters. The summed E-state index contributed by atoms with van der Waals surface area (Å²) in [6.45, 7) is 7.51. The number of nitrogens with two attached hydrogens (primary N) is 1. The molecule has 2 aromatic rings. The third kappa shape index (κ3) is 4.31. The minimum Gasteiger partial charge on any atom is -0.366 e. The minimum absolute atomic E-state index is 0.0317. The van der Waals surface area contributed by atoms with Gasteiger partial charge in [0.25, 0.3) is 0 Å². The smallest absolute Gasteiger partial charge is 0.248 e. The molecule has 0 aliphatic carbocycles. The lowest BCUT2D eigenvalue weighted by Gasteiger charge is -2.45. The predicted octanol–water partition coefficient (Wildman–Crippen LogP) is 4.93. The van der Waals surface area contributed by atoms with Crippen molar-refractivity contribution in [2.24, 2.45) is 11.7 Å². The number of primary amides is 1. The van der Waals surface area contributed by atoms with Crippen LogP contribution in [-0.4, -0.2) is 30.4 Å². The molecule has 3 nitrogen and oxygen atoms in total. The summed E-state index contributed by atoms with van der Waals surface area (Å²) >= 11 is 12.6. The van der Waals surface area contributed by atoms with E-state index in [-0.39, 0.29) is 11.3 Å². The number of carbonyl (C=O) groups excluding carboxylic acids is 1. The third-order valence-electron chi connectivity index (χ3n) is 6.11. The second-order valence-corrected chi connectivity index (χ2v) is 8.58. The van der Waals surface area contributed by atoms with Crippen molar-refractivity contribution in [2.45, 2.75) is 32.1 Å². The molecule has 1 amide bonds. The van der Waals surface area contributed by atoms with Crippen molar-refractivity contribution >= 4 is 29.1 Å². The molecule has 0 aromatic heterocycles. The van der Waals surface area contributed by atoms with E-state index in [1.807, 2.05) is 30.3 Å². The van der Waals surface area contributed by atoms with Crippen LogP contribution in [0, 0.1) is 5.92 Å². The maximum Gasteiger partial charge on any atom is 0.248 e. The van der Waals surface area contributed by atoms with Crippen molar-refractivity contribution < 1.29 is 4.79 Å². The quantitative estimate of drug-likeness (QED) is 0.767. The van der Waals surface area contributed by atoms with Gasteiger partial charge < -0.3 is 10.6 Å². The SMILES string of the molecule is C[C@H]1CN(CCc2c(Cl)cccc2Cl)CC[C@]1(C)c1cccc(C(N)=O)c1. The van der Waals surface area contributed by atoms with Crippen LogP contribution in [0.2, 0.25) is 10.0 Å². The molecule has 1 saturated heterocycles. The van der Waals surface area contributed by atoms with Crippen molar-refractivity contribution in [2.75, 3.05) is 19.6 Å². The van der Waals surface area contributed by atoms with Gasteiger partial charge in [-0.05, 0) is 66.1 Å². The molecule has 27 heavy (non-hydrogen) atoms. The molecule has 0 unspecified atom stereocenters. The predicted molar refractivity (Wildman–Crippen MR) is 113 cm³/mol. The number of nitrogens with zero attached hydrogens (tertiary/aromatic N) is 1. The first-order valence-electron chi connectivity index (χ1n) is 9.37. The Balaban J connectivity index is 1.68. The molecular formula is C22H26Cl2N2O. The average molecular weight is 405 g/mol. The number of rotatable bonds is 5. The van der Waals surface area contributed by atoms with Gasteiger partial charge >= 0.3 is 0 Å².